The molecule has 17 heavy (non-hydrogen) atoms. The molecule has 0 aliphatic carbocycles. The lowest BCUT2D eigenvalue weighted by atomic mass is 10.3. The molecule has 0 fully saturated rings. The summed E-state index contributed by atoms with van der Waals surface area (Å²) in [5, 5.41) is 0. The van der Waals surface area contributed by atoms with Gasteiger partial charge in [-0.15, -0.1) is 11.6 Å². The van der Waals surface area contributed by atoms with Crippen LogP contribution in [0.25, 0.3) is 0 Å². The Hall–Kier alpha value is -1.68. The highest BCUT2D eigenvalue weighted by Crippen LogP contribution is 2.25. The number of hydrogen-bond donors (Lipinski definition) is 0. The third-order valence-electron chi connectivity index (χ3n) is 2.05. The first-order valence-electron chi connectivity index (χ1n) is 4.82. The molecule has 0 aliphatic rings. The predicted octanol–water partition coefficient (Wildman–Crippen LogP) is 3.89. The molecule has 88 valence electrons. The van der Waals surface area contributed by atoms with Crippen LogP contribution in [0, 0.1) is 11.6 Å². The highest BCUT2D eigenvalue weighted by Gasteiger charge is 2.07. The third-order valence-corrected chi connectivity index (χ3v) is 2.35. The van der Waals surface area contributed by atoms with Gasteiger partial charge in [-0.2, -0.15) is 0 Å². The SMILES string of the molecule is Fc1ccc(F)c(Oc2cncc(CCl)c2)c1. The topological polar surface area (TPSA) is 22.1 Å². The Kier molecular flexibility index (Phi) is 3.54. The van der Waals surface area contributed by atoms with Gasteiger partial charge in [-0.25, -0.2) is 8.78 Å². The van der Waals surface area contributed by atoms with E-state index in [1.165, 1.54) is 6.20 Å². The number of alkyl halides is 1. The van der Waals surface area contributed by atoms with Crippen molar-refractivity contribution in [2.45, 2.75) is 5.88 Å². The molecule has 0 atom stereocenters. The molecule has 1 heterocycles. The Morgan fingerprint density at radius 1 is 1.18 bits per heavy atom. The Morgan fingerprint density at radius 3 is 2.76 bits per heavy atom. The van der Waals surface area contributed by atoms with E-state index in [1.807, 2.05) is 0 Å². The molecule has 1 aromatic carbocycles. The average Bonchev–Trinajstić information content (AvgIpc) is 2.34. The molecule has 0 spiro atoms. The molecule has 2 aromatic rings. The second-order valence-corrected chi connectivity index (χ2v) is 3.61. The number of rotatable bonds is 3. The summed E-state index contributed by atoms with van der Waals surface area (Å²) in [6, 6.07) is 4.62. The zero-order chi connectivity index (χ0) is 12.3. The van der Waals surface area contributed by atoms with Gasteiger partial charge in [0.15, 0.2) is 11.6 Å². The lowest BCUT2D eigenvalue weighted by molar-refractivity contribution is 0.434. The number of halogens is 3. The van der Waals surface area contributed by atoms with E-state index >= 15 is 0 Å². The summed E-state index contributed by atoms with van der Waals surface area (Å²) >= 11 is 5.63. The number of ether oxygens (including phenoxy) is 1. The van der Waals surface area contributed by atoms with Crippen molar-refractivity contribution in [3.8, 4) is 11.5 Å². The van der Waals surface area contributed by atoms with Gasteiger partial charge in [0.2, 0.25) is 0 Å². The van der Waals surface area contributed by atoms with Crippen LogP contribution in [-0.2, 0) is 5.88 Å². The maximum Gasteiger partial charge on any atom is 0.166 e. The smallest absolute Gasteiger partial charge is 0.166 e. The predicted molar refractivity (Wildman–Crippen MR) is 60.2 cm³/mol. The summed E-state index contributed by atoms with van der Waals surface area (Å²) in [5.74, 6) is -0.799. The zero-order valence-electron chi connectivity index (χ0n) is 8.66. The van der Waals surface area contributed by atoms with E-state index in [0.29, 0.717) is 5.75 Å². The van der Waals surface area contributed by atoms with Crippen LogP contribution in [0.4, 0.5) is 8.78 Å². The molecule has 0 radical (unpaired) electrons. The van der Waals surface area contributed by atoms with E-state index in [-0.39, 0.29) is 11.6 Å². The average molecular weight is 256 g/mol. The second kappa shape index (κ2) is 5.10. The quantitative estimate of drug-likeness (QED) is 0.776. The van der Waals surface area contributed by atoms with Crippen LogP contribution in [0.5, 0.6) is 11.5 Å². The first-order chi connectivity index (χ1) is 8.19. The van der Waals surface area contributed by atoms with Crippen molar-refractivity contribution in [2.75, 3.05) is 0 Å². The molecule has 0 amide bonds. The minimum absolute atomic E-state index is 0.182. The number of pyridine rings is 1. The van der Waals surface area contributed by atoms with Crippen LogP contribution in [0.2, 0.25) is 0 Å². The molecular formula is C12H8ClF2NO. The highest BCUT2D eigenvalue weighted by molar-refractivity contribution is 6.17. The van der Waals surface area contributed by atoms with Crippen molar-refractivity contribution >= 4 is 11.6 Å². The normalized spacial score (nSPS) is 10.3. The van der Waals surface area contributed by atoms with Gasteiger partial charge in [0.05, 0.1) is 6.20 Å². The van der Waals surface area contributed by atoms with Gasteiger partial charge in [0, 0.05) is 18.1 Å². The number of benzene rings is 1. The molecule has 0 saturated heterocycles. The van der Waals surface area contributed by atoms with Crippen LogP contribution in [0.1, 0.15) is 5.56 Å². The summed E-state index contributed by atoms with van der Waals surface area (Å²) in [6.45, 7) is 0. The van der Waals surface area contributed by atoms with Gasteiger partial charge < -0.3 is 4.74 Å². The van der Waals surface area contributed by atoms with Crippen molar-refractivity contribution < 1.29 is 13.5 Å². The summed E-state index contributed by atoms with van der Waals surface area (Å²) in [5.41, 5.74) is 0.737. The maximum absolute atomic E-state index is 13.3. The molecule has 2 nitrogen and oxygen atoms in total. The van der Waals surface area contributed by atoms with Crippen molar-refractivity contribution in [2.24, 2.45) is 0 Å². The van der Waals surface area contributed by atoms with E-state index in [1.54, 1.807) is 12.3 Å². The standard InChI is InChI=1S/C12H8ClF2NO/c13-5-8-3-10(7-16-6-8)17-12-4-9(14)1-2-11(12)15/h1-4,6-7H,5H2. The molecule has 5 heteroatoms. The molecule has 0 bridgehead atoms. The molecule has 1 aromatic heterocycles. The van der Waals surface area contributed by atoms with Gasteiger partial charge in [-0.3, -0.25) is 4.98 Å². The minimum atomic E-state index is -0.636. The Labute approximate surface area is 102 Å². The highest BCUT2D eigenvalue weighted by atomic mass is 35.5. The Balaban J connectivity index is 2.27. The largest absolute Gasteiger partial charge is 0.453 e. The fraction of sp³-hybridized carbons (Fsp3) is 0.0833. The fourth-order valence-corrected chi connectivity index (χ4v) is 1.42. The van der Waals surface area contributed by atoms with Crippen LogP contribution in [0.15, 0.2) is 36.7 Å². The van der Waals surface area contributed by atoms with E-state index in [9.17, 15) is 8.78 Å². The van der Waals surface area contributed by atoms with Crippen LogP contribution < -0.4 is 4.74 Å². The maximum atomic E-state index is 13.3. The third kappa shape index (κ3) is 2.91. The van der Waals surface area contributed by atoms with Crippen LogP contribution in [-0.4, -0.2) is 4.98 Å². The van der Waals surface area contributed by atoms with E-state index in [2.05, 4.69) is 4.98 Å². The van der Waals surface area contributed by atoms with Crippen molar-refractivity contribution in [3.05, 3.63) is 53.9 Å². The lowest BCUT2D eigenvalue weighted by Gasteiger charge is -2.07. The zero-order valence-corrected chi connectivity index (χ0v) is 9.42. The summed E-state index contributed by atoms with van der Waals surface area (Å²) < 4.78 is 31.4. The van der Waals surface area contributed by atoms with Crippen LogP contribution >= 0.6 is 11.6 Å². The van der Waals surface area contributed by atoms with E-state index in [0.717, 1.165) is 23.8 Å². The summed E-state index contributed by atoms with van der Waals surface area (Å²) in [7, 11) is 0. The Bertz CT molecular complexity index is 534. The van der Waals surface area contributed by atoms with Gasteiger partial charge >= 0.3 is 0 Å². The monoisotopic (exact) mass is 255 g/mol. The van der Waals surface area contributed by atoms with Crippen molar-refractivity contribution in [1.82, 2.24) is 4.98 Å². The van der Waals surface area contributed by atoms with Gasteiger partial charge in [0.1, 0.15) is 11.6 Å². The number of aromatic nitrogens is 1. The van der Waals surface area contributed by atoms with E-state index in [4.69, 9.17) is 16.3 Å². The molecule has 0 aliphatic heterocycles. The number of hydrogen-bond acceptors (Lipinski definition) is 2. The molecular weight excluding hydrogens is 248 g/mol. The molecule has 0 N–H and O–H groups in total. The Morgan fingerprint density at radius 2 is 2.00 bits per heavy atom. The van der Waals surface area contributed by atoms with Gasteiger partial charge in [-0.05, 0) is 23.8 Å². The minimum Gasteiger partial charge on any atom is -0.453 e. The van der Waals surface area contributed by atoms with Gasteiger partial charge in [0.25, 0.3) is 0 Å². The number of nitrogens with zero attached hydrogens (tertiary/aromatic N) is 1. The molecule has 0 unspecified atom stereocenters. The molecule has 0 saturated carbocycles. The van der Waals surface area contributed by atoms with Crippen LogP contribution in [0.3, 0.4) is 0 Å². The fourth-order valence-electron chi connectivity index (χ4n) is 1.28. The van der Waals surface area contributed by atoms with Crippen molar-refractivity contribution in [1.29, 1.82) is 0 Å². The summed E-state index contributed by atoms with van der Waals surface area (Å²) in [4.78, 5) is 3.88. The summed E-state index contributed by atoms with van der Waals surface area (Å²) in [6.07, 6.45) is 2.97. The first kappa shape index (κ1) is 11.8. The lowest BCUT2D eigenvalue weighted by Crippen LogP contribution is -1.91. The second-order valence-electron chi connectivity index (χ2n) is 3.34. The molecule has 2 rings (SSSR count). The van der Waals surface area contributed by atoms with E-state index < -0.39 is 11.6 Å². The van der Waals surface area contributed by atoms with Gasteiger partial charge in [-0.1, -0.05) is 0 Å². The first-order valence-corrected chi connectivity index (χ1v) is 5.35. The van der Waals surface area contributed by atoms with Crippen molar-refractivity contribution in [3.63, 3.8) is 0 Å².